The third kappa shape index (κ3) is 2.52. The monoisotopic (exact) mass is 380 g/mol. The lowest BCUT2D eigenvalue weighted by Gasteiger charge is -1.99. The molecular weight excluding hydrogens is 375 g/mol. The molecule has 2 rings (SSSR count). The Morgan fingerprint density at radius 3 is 2.79 bits per heavy atom. The maximum atomic E-state index is 4.32. The predicted molar refractivity (Wildman–Crippen MR) is 69.6 cm³/mol. The van der Waals surface area contributed by atoms with E-state index in [1.807, 2.05) is 18.2 Å². The summed E-state index contributed by atoms with van der Waals surface area (Å²) in [5, 5.41) is 1.06. The lowest BCUT2D eigenvalue weighted by Crippen LogP contribution is -1.88. The predicted octanol–water partition coefficient (Wildman–Crippen LogP) is 3.50. The molecule has 0 bridgehead atoms. The number of hydrogen-bond donors (Lipinski definition) is 0. The van der Waals surface area contributed by atoms with Crippen LogP contribution in [0, 0.1) is 3.83 Å². The highest BCUT2D eigenvalue weighted by Crippen LogP contribution is 2.20. The molecule has 2 nitrogen and oxygen atoms in total. The summed E-state index contributed by atoms with van der Waals surface area (Å²) in [5.41, 5.74) is 1.25. The lowest BCUT2D eigenvalue weighted by atomic mass is 10.2. The smallest absolute Gasteiger partial charge is 0.203 e. The highest BCUT2D eigenvalue weighted by atomic mass is 127. The van der Waals surface area contributed by atoms with Crippen molar-refractivity contribution in [3.63, 3.8) is 0 Å². The van der Waals surface area contributed by atoms with Crippen LogP contribution in [0.4, 0.5) is 0 Å². The Bertz CT molecular complexity index is 444. The molecule has 0 amide bonds. The molecule has 0 saturated carbocycles. The second-order valence-electron chi connectivity index (χ2n) is 2.73. The Kier molecular flexibility index (Phi) is 3.51. The standard InChI is InChI=1S/C9H6BrIN2S/c10-7-4-2-1-3-6(7)5-8-12-9(11)13-14-8/h1-4H,5H2. The molecule has 0 radical (unpaired) electrons. The van der Waals surface area contributed by atoms with Gasteiger partial charge in [-0.2, -0.15) is 4.37 Å². The van der Waals surface area contributed by atoms with Gasteiger partial charge >= 0.3 is 0 Å². The maximum Gasteiger partial charge on any atom is 0.203 e. The van der Waals surface area contributed by atoms with Gasteiger partial charge in [0.05, 0.1) is 0 Å². The number of halogens is 2. The molecule has 0 saturated heterocycles. The minimum absolute atomic E-state index is 0.828. The van der Waals surface area contributed by atoms with E-state index in [9.17, 15) is 0 Å². The van der Waals surface area contributed by atoms with Gasteiger partial charge < -0.3 is 0 Å². The first-order valence-corrected chi connectivity index (χ1v) is 6.62. The van der Waals surface area contributed by atoms with Gasteiger partial charge in [-0.05, 0) is 23.2 Å². The molecule has 0 N–H and O–H groups in total. The summed E-state index contributed by atoms with van der Waals surface area (Å²) in [6, 6.07) is 8.18. The fourth-order valence-electron chi connectivity index (χ4n) is 1.11. The van der Waals surface area contributed by atoms with E-state index in [0.29, 0.717) is 0 Å². The Hall–Kier alpha value is -0.0100. The van der Waals surface area contributed by atoms with Crippen LogP contribution in [-0.4, -0.2) is 9.36 Å². The maximum absolute atomic E-state index is 4.32. The van der Waals surface area contributed by atoms with E-state index in [-0.39, 0.29) is 0 Å². The van der Waals surface area contributed by atoms with Crippen molar-refractivity contribution in [3.8, 4) is 0 Å². The van der Waals surface area contributed by atoms with Gasteiger partial charge in [0.15, 0.2) is 0 Å². The number of hydrogen-bond acceptors (Lipinski definition) is 3. The van der Waals surface area contributed by atoms with Gasteiger partial charge in [-0.25, -0.2) is 4.98 Å². The first-order valence-electron chi connectivity index (χ1n) is 3.97. The van der Waals surface area contributed by atoms with E-state index in [4.69, 9.17) is 0 Å². The largest absolute Gasteiger partial charge is 0.214 e. The Balaban J connectivity index is 2.23. The summed E-state index contributed by atoms with van der Waals surface area (Å²) < 4.78 is 6.10. The van der Waals surface area contributed by atoms with Crippen LogP contribution in [-0.2, 0) is 6.42 Å². The summed E-state index contributed by atoms with van der Waals surface area (Å²) in [6.07, 6.45) is 0.849. The molecule has 1 heterocycles. The van der Waals surface area contributed by atoms with Crippen LogP contribution in [0.5, 0.6) is 0 Å². The van der Waals surface area contributed by atoms with E-state index < -0.39 is 0 Å². The Morgan fingerprint density at radius 2 is 2.14 bits per heavy atom. The van der Waals surface area contributed by atoms with Crippen molar-refractivity contribution in [1.82, 2.24) is 9.36 Å². The van der Waals surface area contributed by atoms with Gasteiger partial charge in [0.1, 0.15) is 5.01 Å². The van der Waals surface area contributed by atoms with Crippen LogP contribution in [0.3, 0.4) is 0 Å². The zero-order valence-electron chi connectivity index (χ0n) is 7.08. The zero-order valence-corrected chi connectivity index (χ0v) is 11.6. The molecule has 72 valence electrons. The molecule has 0 aliphatic heterocycles. The van der Waals surface area contributed by atoms with Crippen LogP contribution < -0.4 is 0 Å². The fraction of sp³-hybridized carbons (Fsp3) is 0.111. The lowest BCUT2D eigenvalue weighted by molar-refractivity contribution is 1.10. The van der Waals surface area contributed by atoms with Crippen molar-refractivity contribution < 1.29 is 0 Å². The van der Waals surface area contributed by atoms with E-state index in [0.717, 1.165) is 19.7 Å². The van der Waals surface area contributed by atoms with Crippen LogP contribution in [0.2, 0.25) is 0 Å². The number of rotatable bonds is 2. The summed E-state index contributed by atoms with van der Waals surface area (Å²) in [4.78, 5) is 4.32. The number of nitrogens with zero attached hydrogens (tertiary/aromatic N) is 2. The number of benzene rings is 1. The highest BCUT2D eigenvalue weighted by Gasteiger charge is 2.04. The van der Waals surface area contributed by atoms with Crippen molar-refractivity contribution in [2.75, 3.05) is 0 Å². The van der Waals surface area contributed by atoms with Crippen LogP contribution in [0.25, 0.3) is 0 Å². The van der Waals surface area contributed by atoms with E-state index in [1.165, 1.54) is 17.1 Å². The molecule has 14 heavy (non-hydrogen) atoms. The Labute approximate surface area is 108 Å². The minimum atomic E-state index is 0.828. The van der Waals surface area contributed by atoms with Gasteiger partial charge in [-0.1, -0.05) is 34.1 Å². The SMILES string of the molecule is Brc1ccccc1Cc1nc(I)ns1. The van der Waals surface area contributed by atoms with Gasteiger partial charge in [-0.15, -0.1) is 0 Å². The fourth-order valence-corrected chi connectivity index (χ4v) is 2.85. The normalized spacial score (nSPS) is 10.4. The summed E-state index contributed by atoms with van der Waals surface area (Å²) >= 11 is 7.11. The first-order chi connectivity index (χ1) is 6.75. The third-order valence-corrected chi connectivity index (χ3v) is 4.04. The topological polar surface area (TPSA) is 25.8 Å². The molecule has 1 aromatic carbocycles. The third-order valence-electron chi connectivity index (χ3n) is 1.74. The van der Waals surface area contributed by atoms with Crippen LogP contribution in [0.15, 0.2) is 28.7 Å². The number of aromatic nitrogens is 2. The van der Waals surface area contributed by atoms with Crippen molar-refractivity contribution in [1.29, 1.82) is 0 Å². The van der Waals surface area contributed by atoms with E-state index in [2.05, 4.69) is 53.9 Å². The van der Waals surface area contributed by atoms with Gasteiger partial charge in [0, 0.05) is 33.5 Å². The molecule has 5 heteroatoms. The van der Waals surface area contributed by atoms with Crippen LogP contribution in [0.1, 0.15) is 10.6 Å². The van der Waals surface area contributed by atoms with Crippen molar-refractivity contribution in [2.45, 2.75) is 6.42 Å². The molecule has 1 aromatic heterocycles. The minimum Gasteiger partial charge on any atom is -0.214 e. The molecule has 0 atom stereocenters. The van der Waals surface area contributed by atoms with Crippen molar-refractivity contribution >= 4 is 50.1 Å². The van der Waals surface area contributed by atoms with Gasteiger partial charge in [0.25, 0.3) is 0 Å². The van der Waals surface area contributed by atoms with Gasteiger partial charge in [-0.3, -0.25) is 0 Å². The summed E-state index contributed by atoms with van der Waals surface area (Å²) in [6.45, 7) is 0. The molecular formula is C9H6BrIN2S. The average molecular weight is 381 g/mol. The molecule has 0 aliphatic carbocycles. The molecule has 0 aliphatic rings. The zero-order chi connectivity index (χ0) is 9.97. The average Bonchev–Trinajstić information content (AvgIpc) is 2.56. The Morgan fingerprint density at radius 1 is 1.36 bits per heavy atom. The van der Waals surface area contributed by atoms with Crippen LogP contribution >= 0.6 is 50.1 Å². The summed E-state index contributed by atoms with van der Waals surface area (Å²) in [7, 11) is 0. The second kappa shape index (κ2) is 4.67. The molecule has 2 aromatic rings. The molecule has 0 fully saturated rings. The van der Waals surface area contributed by atoms with Crippen molar-refractivity contribution in [2.24, 2.45) is 0 Å². The first kappa shape index (κ1) is 10.5. The second-order valence-corrected chi connectivity index (χ2v) is 5.38. The molecule has 0 unspecified atom stereocenters. The van der Waals surface area contributed by atoms with Crippen molar-refractivity contribution in [3.05, 3.63) is 43.1 Å². The van der Waals surface area contributed by atoms with Gasteiger partial charge in [0.2, 0.25) is 3.83 Å². The van der Waals surface area contributed by atoms with E-state index in [1.54, 1.807) is 0 Å². The molecule has 0 spiro atoms. The summed E-state index contributed by atoms with van der Waals surface area (Å²) in [5.74, 6) is 0. The van der Waals surface area contributed by atoms with E-state index >= 15 is 0 Å². The quantitative estimate of drug-likeness (QED) is 0.745. The highest BCUT2D eigenvalue weighted by molar-refractivity contribution is 14.1.